The smallest absolute Gasteiger partial charge is 0.319 e. The standard InChI is InChI=1S/C13H16N2OS2/c1-14-13(16)15-11(10-6-3-2-4-7-10)12-17-8-5-9-18-12/h2-4,6-7H,5,8-9H2,1H3,(H2,14,15,16). The maximum atomic E-state index is 11.6. The van der Waals surface area contributed by atoms with E-state index in [9.17, 15) is 4.79 Å². The van der Waals surface area contributed by atoms with Gasteiger partial charge in [-0.05, 0) is 23.5 Å². The predicted octanol–water partition coefficient (Wildman–Crippen LogP) is 3.11. The van der Waals surface area contributed by atoms with Crippen molar-refractivity contribution in [1.29, 1.82) is 0 Å². The van der Waals surface area contributed by atoms with Gasteiger partial charge in [-0.3, -0.25) is 0 Å². The quantitative estimate of drug-likeness (QED) is 0.874. The molecule has 2 amide bonds. The Kier molecular flexibility index (Phi) is 5.01. The zero-order valence-corrected chi connectivity index (χ0v) is 11.9. The lowest BCUT2D eigenvalue weighted by Crippen LogP contribution is -2.32. The molecule has 1 aliphatic heterocycles. The van der Waals surface area contributed by atoms with Gasteiger partial charge in [-0.2, -0.15) is 0 Å². The number of thioether (sulfide) groups is 2. The molecule has 0 radical (unpaired) electrons. The summed E-state index contributed by atoms with van der Waals surface area (Å²) in [6.45, 7) is 0. The normalized spacial score (nSPS) is 15.1. The van der Waals surface area contributed by atoms with E-state index in [2.05, 4.69) is 10.6 Å². The molecule has 5 heteroatoms. The molecule has 1 fully saturated rings. The van der Waals surface area contributed by atoms with Crippen LogP contribution in [0.2, 0.25) is 0 Å². The Morgan fingerprint density at radius 1 is 1.17 bits per heavy atom. The molecule has 0 aromatic heterocycles. The molecule has 0 bridgehead atoms. The molecule has 2 rings (SSSR count). The number of rotatable bonds is 2. The number of benzene rings is 1. The Labute approximate surface area is 116 Å². The minimum atomic E-state index is -0.173. The summed E-state index contributed by atoms with van der Waals surface area (Å²) in [4.78, 5) is 11.6. The van der Waals surface area contributed by atoms with Crippen molar-refractivity contribution in [3.8, 4) is 0 Å². The van der Waals surface area contributed by atoms with Crippen molar-refractivity contribution in [1.82, 2.24) is 10.6 Å². The molecule has 1 heterocycles. The second-order valence-electron chi connectivity index (χ2n) is 3.78. The number of hydrogen-bond acceptors (Lipinski definition) is 3. The molecule has 0 unspecified atom stereocenters. The van der Waals surface area contributed by atoms with E-state index in [0.717, 1.165) is 22.8 Å². The molecule has 0 saturated carbocycles. The molecule has 2 N–H and O–H groups in total. The van der Waals surface area contributed by atoms with Gasteiger partial charge in [0.15, 0.2) is 0 Å². The first-order valence-corrected chi connectivity index (χ1v) is 7.82. The fraction of sp³-hybridized carbons (Fsp3) is 0.308. The maximum absolute atomic E-state index is 11.6. The molecular formula is C13H16N2OS2. The van der Waals surface area contributed by atoms with E-state index in [-0.39, 0.29) is 6.03 Å². The van der Waals surface area contributed by atoms with Gasteiger partial charge in [0, 0.05) is 7.05 Å². The van der Waals surface area contributed by atoms with Gasteiger partial charge in [-0.1, -0.05) is 30.3 Å². The van der Waals surface area contributed by atoms with E-state index in [1.54, 1.807) is 7.05 Å². The van der Waals surface area contributed by atoms with Crippen molar-refractivity contribution in [3.05, 3.63) is 40.1 Å². The maximum Gasteiger partial charge on any atom is 0.319 e. The Morgan fingerprint density at radius 2 is 1.83 bits per heavy atom. The third-order valence-corrected chi connectivity index (χ3v) is 5.11. The van der Waals surface area contributed by atoms with Gasteiger partial charge in [0.1, 0.15) is 0 Å². The van der Waals surface area contributed by atoms with Crippen molar-refractivity contribution in [2.45, 2.75) is 6.42 Å². The predicted molar refractivity (Wildman–Crippen MR) is 80.5 cm³/mol. The summed E-state index contributed by atoms with van der Waals surface area (Å²) < 4.78 is 1.20. The van der Waals surface area contributed by atoms with Gasteiger partial charge in [0.05, 0.1) is 9.93 Å². The molecule has 1 aliphatic rings. The average molecular weight is 280 g/mol. The second kappa shape index (κ2) is 6.75. The summed E-state index contributed by atoms with van der Waals surface area (Å²) in [6, 6.07) is 9.82. The van der Waals surface area contributed by atoms with Crippen LogP contribution in [-0.4, -0.2) is 24.6 Å². The lowest BCUT2D eigenvalue weighted by atomic mass is 10.2. The van der Waals surface area contributed by atoms with Crippen LogP contribution in [0.25, 0.3) is 5.70 Å². The monoisotopic (exact) mass is 280 g/mol. The summed E-state index contributed by atoms with van der Waals surface area (Å²) in [5.74, 6) is 2.24. The van der Waals surface area contributed by atoms with Crippen molar-refractivity contribution < 1.29 is 4.79 Å². The van der Waals surface area contributed by atoms with E-state index >= 15 is 0 Å². The molecular weight excluding hydrogens is 264 g/mol. The first kappa shape index (κ1) is 13.4. The number of carbonyl (C=O) groups excluding carboxylic acids is 1. The molecule has 0 atom stereocenters. The van der Waals surface area contributed by atoms with Crippen molar-refractivity contribution in [3.63, 3.8) is 0 Å². The molecule has 18 heavy (non-hydrogen) atoms. The number of nitrogens with one attached hydrogen (secondary N) is 2. The van der Waals surface area contributed by atoms with E-state index in [1.165, 1.54) is 10.7 Å². The Bertz CT molecular complexity index is 438. The number of hydrogen-bond donors (Lipinski definition) is 2. The largest absolute Gasteiger partial charge is 0.341 e. The lowest BCUT2D eigenvalue weighted by molar-refractivity contribution is 0.246. The number of urea groups is 1. The van der Waals surface area contributed by atoms with E-state index in [0.29, 0.717) is 0 Å². The first-order valence-electron chi connectivity index (χ1n) is 5.85. The lowest BCUT2D eigenvalue weighted by Gasteiger charge is -2.19. The minimum absolute atomic E-state index is 0.173. The summed E-state index contributed by atoms with van der Waals surface area (Å²) in [5, 5.41) is 5.54. The van der Waals surface area contributed by atoms with Gasteiger partial charge < -0.3 is 10.6 Å². The highest BCUT2D eigenvalue weighted by atomic mass is 32.2. The fourth-order valence-electron chi connectivity index (χ4n) is 1.60. The van der Waals surface area contributed by atoms with Crippen LogP contribution >= 0.6 is 23.5 Å². The van der Waals surface area contributed by atoms with Crippen LogP contribution in [0.5, 0.6) is 0 Å². The van der Waals surface area contributed by atoms with Crippen LogP contribution in [0.4, 0.5) is 4.79 Å². The fourth-order valence-corrected chi connectivity index (χ4v) is 4.19. The highest BCUT2D eigenvalue weighted by Gasteiger charge is 2.15. The molecule has 1 aromatic rings. The average Bonchev–Trinajstić information content (AvgIpc) is 2.46. The third-order valence-electron chi connectivity index (χ3n) is 2.49. The molecule has 1 aromatic carbocycles. The van der Waals surface area contributed by atoms with Crippen molar-refractivity contribution in [2.75, 3.05) is 18.6 Å². The molecule has 1 saturated heterocycles. The van der Waals surface area contributed by atoms with Gasteiger partial charge >= 0.3 is 6.03 Å². The Balaban J connectivity index is 2.30. The van der Waals surface area contributed by atoms with E-state index in [1.807, 2.05) is 53.9 Å². The van der Waals surface area contributed by atoms with Gasteiger partial charge in [0.25, 0.3) is 0 Å². The van der Waals surface area contributed by atoms with Crippen molar-refractivity contribution >= 4 is 35.3 Å². The van der Waals surface area contributed by atoms with Crippen LogP contribution in [0.1, 0.15) is 12.0 Å². The highest BCUT2D eigenvalue weighted by Crippen LogP contribution is 2.39. The number of amides is 2. The SMILES string of the molecule is CNC(=O)NC(=C1SCCCS1)c1ccccc1. The third kappa shape index (κ3) is 3.46. The molecule has 3 nitrogen and oxygen atoms in total. The van der Waals surface area contributed by atoms with Gasteiger partial charge in [-0.15, -0.1) is 23.5 Å². The van der Waals surface area contributed by atoms with Crippen LogP contribution in [0.15, 0.2) is 34.6 Å². The topological polar surface area (TPSA) is 41.1 Å². The zero-order valence-electron chi connectivity index (χ0n) is 10.2. The summed E-state index contributed by atoms with van der Waals surface area (Å²) in [6.07, 6.45) is 1.22. The summed E-state index contributed by atoms with van der Waals surface area (Å²) in [7, 11) is 1.63. The van der Waals surface area contributed by atoms with Crippen LogP contribution in [0.3, 0.4) is 0 Å². The van der Waals surface area contributed by atoms with Gasteiger partial charge in [0.2, 0.25) is 0 Å². The Hall–Kier alpha value is -1.07. The minimum Gasteiger partial charge on any atom is -0.341 e. The van der Waals surface area contributed by atoms with Gasteiger partial charge in [-0.25, -0.2) is 4.79 Å². The molecule has 0 aliphatic carbocycles. The first-order chi connectivity index (χ1) is 8.81. The number of carbonyl (C=O) groups is 1. The zero-order chi connectivity index (χ0) is 12.8. The molecule has 0 spiro atoms. The summed E-state index contributed by atoms with van der Waals surface area (Å²) >= 11 is 3.64. The van der Waals surface area contributed by atoms with Crippen LogP contribution < -0.4 is 10.6 Å². The Morgan fingerprint density at radius 3 is 2.44 bits per heavy atom. The van der Waals surface area contributed by atoms with E-state index < -0.39 is 0 Å². The van der Waals surface area contributed by atoms with Crippen LogP contribution in [-0.2, 0) is 0 Å². The molecule has 96 valence electrons. The second-order valence-corrected chi connectivity index (χ2v) is 6.25. The van der Waals surface area contributed by atoms with Crippen molar-refractivity contribution in [2.24, 2.45) is 0 Å². The highest BCUT2D eigenvalue weighted by molar-refractivity contribution is 8.23. The van der Waals surface area contributed by atoms with E-state index in [4.69, 9.17) is 0 Å². The summed E-state index contributed by atoms with van der Waals surface area (Å²) in [5.41, 5.74) is 1.97. The van der Waals surface area contributed by atoms with Crippen LogP contribution in [0, 0.1) is 0 Å².